The van der Waals surface area contributed by atoms with Gasteiger partial charge >= 0.3 is 0 Å². The van der Waals surface area contributed by atoms with Crippen molar-refractivity contribution in [2.45, 2.75) is 13.5 Å². The molecule has 0 aliphatic carbocycles. The molecule has 3 aromatic rings. The summed E-state index contributed by atoms with van der Waals surface area (Å²) in [4.78, 5) is 20.5. The third-order valence-corrected chi connectivity index (χ3v) is 5.36. The van der Waals surface area contributed by atoms with E-state index in [0.717, 1.165) is 55.1 Å². The molecule has 0 unspecified atom stereocenters. The van der Waals surface area contributed by atoms with Gasteiger partial charge in [-0.2, -0.15) is 0 Å². The van der Waals surface area contributed by atoms with E-state index in [1.165, 1.54) is 5.56 Å². The van der Waals surface area contributed by atoms with Gasteiger partial charge in [0, 0.05) is 49.7 Å². The molecule has 0 atom stereocenters. The average molecular weight is 393 g/mol. The first-order valence-corrected chi connectivity index (χ1v) is 10.1. The highest BCUT2D eigenvalue weighted by molar-refractivity contribution is 5.98. The van der Waals surface area contributed by atoms with Crippen molar-refractivity contribution in [2.24, 2.45) is 0 Å². The molecule has 1 aromatic heterocycles. The summed E-state index contributed by atoms with van der Waals surface area (Å²) in [6.07, 6.45) is 0. The topological polar surface area (TPSA) is 57.8 Å². The number of fused-ring (bicyclic) bond motifs is 1. The van der Waals surface area contributed by atoms with Crippen molar-refractivity contribution in [1.29, 1.82) is 0 Å². The minimum atomic E-state index is 0.0564. The largest absolute Gasteiger partial charge is 0.497 e. The molecular weight excluding hydrogens is 366 g/mol. The van der Waals surface area contributed by atoms with E-state index < -0.39 is 0 Å². The van der Waals surface area contributed by atoms with E-state index in [0.29, 0.717) is 12.3 Å². The van der Waals surface area contributed by atoms with E-state index in [-0.39, 0.29) is 5.91 Å². The quantitative estimate of drug-likeness (QED) is 0.696. The maximum Gasteiger partial charge on any atom is 0.270 e. The average Bonchev–Trinajstić information content (AvgIpc) is 3.18. The molecule has 0 spiro atoms. The van der Waals surface area contributed by atoms with Crippen LogP contribution in [0.4, 0.5) is 0 Å². The van der Waals surface area contributed by atoms with Crippen LogP contribution >= 0.6 is 0 Å². The van der Waals surface area contributed by atoms with E-state index in [1.807, 2.05) is 48.2 Å². The minimum Gasteiger partial charge on any atom is -0.497 e. The van der Waals surface area contributed by atoms with Gasteiger partial charge in [-0.3, -0.25) is 9.69 Å². The second kappa shape index (κ2) is 8.57. The van der Waals surface area contributed by atoms with Crippen LogP contribution in [0.5, 0.6) is 11.5 Å². The van der Waals surface area contributed by atoms with Crippen LogP contribution in [-0.2, 0) is 6.54 Å². The van der Waals surface area contributed by atoms with Crippen LogP contribution in [0.15, 0.2) is 48.5 Å². The Bertz CT molecular complexity index is 973. The first-order chi connectivity index (χ1) is 14.2. The molecule has 6 heteroatoms. The Labute approximate surface area is 171 Å². The Morgan fingerprint density at radius 3 is 2.41 bits per heavy atom. The first-order valence-electron chi connectivity index (χ1n) is 10.1. The van der Waals surface area contributed by atoms with Gasteiger partial charge < -0.3 is 19.4 Å². The van der Waals surface area contributed by atoms with E-state index in [2.05, 4.69) is 22.0 Å². The van der Waals surface area contributed by atoms with Crippen LogP contribution < -0.4 is 9.47 Å². The zero-order valence-corrected chi connectivity index (χ0v) is 17.0. The number of aromatic amines is 1. The number of hydrogen-bond donors (Lipinski definition) is 1. The van der Waals surface area contributed by atoms with Crippen LogP contribution in [0, 0.1) is 0 Å². The fraction of sp³-hybridized carbons (Fsp3) is 0.348. The number of nitrogens with zero attached hydrogens (tertiary/aromatic N) is 2. The number of hydrogen-bond acceptors (Lipinski definition) is 4. The van der Waals surface area contributed by atoms with Gasteiger partial charge in [-0.1, -0.05) is 12.1 Å². The maximum atomic E-state index is 12.9. The number of methoxy groups -OCH3 is 1. The van der Waals surface area contributed by atoms with Gasteiger partial charge in [0.2, 0.25) is 0 Å². The van der Waals surface area contributed by atoms with Gasteiger partial charge in [-0.25, -0.2) is 0 Å². The standard InChI is InChI=1S/C23H27N3O3/c1-3-29-19-7-4-17(5-8-19)16-25-10-12-26(13-11-25)23(27)22-14-18-6-9-20(28-2)15-21(18)24-22/h4-9,14-15,24H,3,10-13,16H2,1-2H3. The summed E-state index contributed by atoms with van der Waals surface area (Å²) in [5, 5.41) is 1.02. The van der Waals surface area contributed by atoms with E-state index in [4.69, 9.17) is 9.47 Å². The monoisotopic (exact) mass is 393 g/mol. The summed E-state index contributed by atoms with van der Waals surface area (Å²) in [7, 11) is 1.64. The number of amides is 1. The summed E-state index contributed by atoms with van der Waals surface area (Å²) >= 11 is 0. The Balaban J connectivity index is 1.34. The molecule has 0 saturated carbocycles. The van der Waals surface area contributed by atoms with Crippen LogP contribution in [0.3, 0.4) is 0 Å². The molecule has 6 nitrogen and oxygen atoms in total. The van der Waals surface area contributed by atoms with Crippen molar-refractivity contribution >= 4 is 16.8 Å². The zero-order valence-electron chi connectivity index (χ0n) is 17.0. The lowest BCUT2D eigenvalue weighted by atomic mass is 10.2. The second-order valence-electron chi connectivity index (χ2n) is 7.28. The van der Waals surface area contributed by atoms with Crippen molar-refractivity contribution in [3.63, 3.8) is 0 Å². The molecule has 4 rings (SSSR count). The third-order valence-electron chi connectivity index (χ3n) is 5.36. The van der Waals surface area contributed by atoms with E-state index in [1.54, 1.807) is 7.11 Å². The zero-order chi connectivity index (χ0) is 20.2. The highest BCUT2D eigenvalue weighted by Crippen LogP contribution is 2.22. The highest BCUT2D eigenvalue weighted by Gasteiger charge is 2.23. The lowest BCUT2D eigenvalue weighted by Gasteiger charge is -2.34. The van der Waals surface area contributed by atoms with Crippen molar-refractivity contribution < 1.29 is 14.3 Å². The first kappa shape index (κ1) is 19.3. The van der Waals surface area contributed by atoms with E-state index in [9.17, 15) is 4.79 Å². The molecule has 1 aliphatic rings. The summed E-state index contributed by atoms with van der Waals surface area (Å²) in [5.74, 6) is 1.74. The number of aromatic nitrogens is 1. The lowest BCUT2D eigenvalue weighted by molar-refractivity contribution is 0.0623. The smallest absolute Gasteiger partial charge is 0.270 e. The third kappa shape index (κ3) is 4.38. The van der Waals surface area contributed by atoms with Gasteiger partial charge in [-0.15, -0.1) is 0 Å². The lowest BCUT2D eigenvalue weighted by Crippen LogP contribution is -2.48. The molecule has 1 saturated heterocycles. The Hall–Kier alpha value is -2.99. The van der Waals surface area contributed by atoms with Gasteiger partial charge in [0.1, 0.15) is 17.2 Å². The molecule has 1 amide bonds. The number of rotatable bonds is 6. The molecule has 1 aliphatic heterocycles. The number of nitrogens with one attached hydrogen (secondary N) is 1. The molecule has 2 heterocycles. The Morgan fingerprint density at radius 2 is 1.72 bits per heavy atom. The molecule has 2 aromatic carbocycles. The predicted octanol–water partition coefficient (Wildman–Crippen LogP) is 3.53. The van der Waals surface area contributed by atoms with Crippen LogP contribution in [0.25, 0.3) is 10.9 Å². The predicted molar refractivity (Wildman–Crippen MR) is 114 cm³/mol. The minimum absolute atomic E-state index is 0.0564. The molecule has 1 fully saturated rings. The fourth-order valence-electron chi connectivity index (χ4n) is 3.74. The number of piperazine rings is 1. The summed E-state index contributed by atoms with van der Waals surface area (Å²) in [6, 6.07) is 16.0. The molecule has 152 valence electrons. The summed E-state index contributed by atoms with van der Waals surface area (Å²) in [5.41, 5.74) is 2.81. The van der Waals surface area contributed by atoms with E-state index >= 15 is 0 Å². The van der Waals surface area contributed by atoms with Crippen LogP contribution in [-0.4, -0.2) is 60.6 Å². The SMILES string of the molecule is CCOc1ccc(CN2CCN(C(=O)c3cc4ccc(OC)cc4[nH]3)CC2)cc1. The molecular formula is C23H27N3O3. The van der Waals surface area contributed by atoms with Gasteiger partial charge in [0.25, 0.3) is 5.91 Å². The van der Waals surface area contributed by atoms with Gasteiger partial charge in [0.05, 0.1) is 13.7 Å². The van der Waals surface area contributed by atoms with Crippen molar-refractivity contribution in [3.8, 4) is 11.5 Å². The summed E-state index contributed by atoms with van der Waals surface area (Å²) < 4.78 is 10.8. The van der Waals surface area contributed by atoms with Crippen LogP contribution in [0.2, 0.25) is 0 Å². The number of ether oxygens (including phenoxy) is 2. The van der Waals surface area contributed by atoms with Crippen molar-refractivity contribution in [2.75, 3.05) is 39.9 Å². The maximum absolute atomic E-state index is 12.9. The fourth-order valence-corrected chi connectivity index (χ4v) is 3.74. The molecule has 0 radical (unpaired) electrons. The van der Waals surface area contributed by atoms with Gasteiger partial charge in [0.15, 0.2) is 0 Å². The summed E-state index contributed by atoms with van der Waals surface area (Å²) in [6.45, 7) is 6.75. The highest BCUT2D eigenvalue weighted by atomic mass is 16.5. The van der Waals surface area contributed by atoms with Gasteiger partial charge in [-0.05, 0) is 42.8 Å². The Kier molecular flexibility index (Phi) is 5.71. The molecule has 29 heavy (non-hydrogen) atoms. The molecule has 0 bridgehead atoms. The number of carbonyl (C=O) groups excluding carboxylic acids is 1. The number of carbonyl (C=O) groups is 1. The number of H-pyrrole nitrogens is 1. The second-order valence-corrected chi connectivity index (χ2v) is 7.28. The molecule has 1 N–H and O–H groups in total. The van der Waals surface area contributed by atoms with Crippen molar-refractivity contribution in [1.82, 2.24) is 14.8 Å². The Morgan fingerprint density at radius 1 is 1.00 bits per heavy atom. The number of benzene rings is 2. The van der Waals surface area contributed by atoms with Crippen LogP contribution in [0.1, 0.15) is 23.0 Å². The normalized spacial score (nSPS) is 14.9. The van der Waals surface area contributed by atoms with Crippen molar-refractivity contribution in [3.05, 3.63) is 59.8 Å².